The molecule has 1 aromatic carbocycles. The van der Waals surface area contributed by atoms with E-state index in [1.54, 1.807) is 0 Å². The Morgan fingerprint density at radius 1 is 1.44 bits per heavy atom. The first-order valence-electron chi connectivity index (χ1n) is 5.75. The molecule has 0 saturated carbocycles. The number of amides is 1. The fourth-order valence-corrected chi connectivity index (χ4v) is 2.53. The largest absolute Gasteiger partial charge is 0.369 e. The molecule has 3 heteroatoms. The van der Waals surface area contributed by atoms with Crippen molar-refractivity contribution in [1.29, 1.82) is 0 Å². The Kier molecular flexibility index (Phi) is 3.25. The predicted molar refractivity (Wildman–Crippen MR) is 64.1 cm³/mol. The molecule has 2 atom stereocenters. The van der Waals surface area contributed by atoms with Crippen LogP contribution in [0.1, 0.15) is 23.5 Å². The lowest BCUT2D eigenvalue weighted by molar-refractivity contribution is -0.123. The van der Waals surface area contributed by atoms with Crippen molar-refractivity contribution in [2.45, 2.75) is 19.3 Å². The molecule has 3 N–H and O–H groups in total. The molecule has 0 bridgehead atoms. The Morgan fingerprint density at radius 3 is 2.88 bits per heavy atom. The van der Waals surface area contributed by atoms with Crippen molar-refractivity contribution in [3.05, 3.63) is 35.4 Å². The fraction of sp³-hybridized carbons (Fsp3) is 0.462. The SMILES string of the molecule is Cc1ccccc1C1CNCCC1C(N)=O. The van der Waals surface area contributed by atoms with E-state index >= 15 is 0 Å². The van der Waals surface area contributed by atoms with Crippen LogP contribution in [0.25, 0.3) is 0 Å². The third-order valence-corrected chi connectivity index (χ3v) is 3.44. The number of aryl methyl sites for hydroxylation is 1. The average molecular weight is 218 g/mol. The molecule has 86 valence electrons. The molecule has 1 amide bonds. The maximum absolute atomic E-state index is 11.4. The lowest BCUT2D eigenvalue weighted by atomic mass is 9.79. The Morgan fingerprint density at radius 2 is 2.19 bits per heavy atom. The molecule has 0 aliphatic carbocycles. The van der Waals surface area contributed by atoms with Crippen molar-refractivity contribution in [2.24, 2.45) is 11.7 Å². The zero-order valence-electron chi connectivity index (χ0n) is 9.57. The van der Waals surface area contributed by atoms with E-state index in [1.165, 1.54) is 11.1 Å². The highest BCUT2D eigenvalue weighted by atomic mass is 16.1. The molecule has 0 aromatic heterocycles. The number of hydrogen-bond donors (Lipinski definition) is 2. The number of carbonyl (C=O) groups is 1. The summed E-state index contributed by atoms with van der Waals surface area (Å²) in [6, 6.07) is 8.23. The molecule has 1 aliphatic rings. The summed E-state index contributed by atoms with van der Waals surface area (Å²) < 4.78 is 0. The summed E-state index contributed by atoms with van der Waals surface area (Å²) in [6.45, 7) is 3.82. The molecule has 2 unspecified atom stereocenters. The minimum Gasteiger partial charge on any atom is -0.369 e. The van der Waals surface area contributed by atoms with E-state index in [9.17, 15) is 4.79 Å². The van der Waals surface area contributed by atoms with Gasteiger partial charge in [0.05, 0.1) is 0 Å². The van der Waals surface area contributed by atoms with E-state index in [0.717, 1.165) is 19.5 Å². The second kappa shape index (κ2) is 4.66. The number of primary amides is 1. The van der Waals surface area contributed by atoms with E-state index < -0.39 is 0 Å². The van der Waals surface area contributed by atoms with Crippen LogP contribution >= 0.6 is 0 Å². The molecule has 1 fully saturated rings. The molecular formula is C13H18N2O. The molecule has 0 radical (unpaired) electrons. The number of nitrogens with one attached hydrogen (secondary N) is 1. The smallest absolute Gasteiger partial charge is 0.221 e. The monoisotopic (exact) mass is 218 g/mol. The summed E-state index contributed by atoms with van der Waals surface area (Å²) in [6.07, 6.45) is 0.842. The van der Waals surface area contributed by atoms with Crippen LogP contribution in [0.15, 0.2) is 24.3 Å². The van der Waals surface area contributed by atoms with Crippen LogP contribution in [0.3, 0.4) is 0 Å². The normalized spacial score (nSPS) is 25.3. The van der Waals surface area contributed by atoms with Gasteiger partial charge in [-0.25, -0.2) is 0 Å². The summed E-state index contributed by atoms with van der Waals surface area (Å²) in [5.41, 5.74) is 7.97. The third kappa shape index (κ3) is 2.09. The van der Waals surface area contributed by atoms with Crippen molar-refractivity contribution in [2.75, 3.05) is 13.1 Å². The van der Waals surface area contributed by atoms with E-state index in [2.05, 4.69) is 24.4 Å². The van der Waals surface area contributed by atoms with Crippen LogP contribution in [0.2, 0.25) is 0 Å². The number of hydrogen-bond acceptors (Lipinski definition) is 2. The molecule has 1 aromatic rings. The first kappa shape index (κ1) is 11.1. The van der Waals surface area contributed by atoms with Gasteiger partial charge in [0, 0.05) is 18.4 Å². The van der Waals surface area contributed by atoms with Gasteiger partial charge in [-0.2, -0.15) is 0 Å². The Bertz CT molecular complexity index is 389. The quantitative estimate of drug-likeness (QED) is 0.783. The number of nitrogens with two attached hydrogens (primary N) is 1. The molecule has 1 saturated heterocycles. The van der Waals surface area contributed by atoms with E-state index in [4.69, 9.17) is 5.73 Å². The summed E-state index contributed by atoms with van der Waals surface area (Å²) in [5, 5.41) is 3.34. The van der Waals surface area contributed by atoms with Crippen LogP contribution in [-0.2, 0) is 4.79 Å². The minimum atomic E-state index is -0.172. The molecular weight excluding hydrogens is 200 g/mol. The topological polar surface area (TPSA) is 55.1 Å². The molecule has 0 spiro atoms. The summed E-state index contributed by atoms with van der Waals surface area (Å²) in [5.74, 6) is 0.0320. The Balaban J connectivity index is 2.30. The molecule has 16 heavy (non-hydrogen) atoms. The highest BCUT2D eigenvalue weighted by molar-refractivity contribution is 5.78. The fourth-order valence-electron chi connectivity index (χ4n) is 2.53. The second-order valence-corrected chi connectivity index (χ2v) is 4.46. The van der Waals surface area contributed by atoms with Gasteiger partial charge in [0.25, 0.3) is 0 Å². The maximum atomic E-state index is 11.4. The summed E-state index contributed by atoms with van der Waals surface area (Å²) in [4.78, 5) is 11.4. The van der Waals surface area contributed by atoms with Gasteiger partial charge in [-0.3, -0.25) is 4.79 Å². The average Bonchev–Trinajstić information content (AvgIpc) is 2.29. The highest BCUT2D eigenvalue weighted by Crippen LogP contribution is 2.30. The summed E-state index contributed by atoms with van der Waals surface area (Å²) in [7, 11) is 0. The van der Waals surface area contributed by atoms with Crippen LogP contribution in [0, 0.1) is 12.8 Å². The third-order valence-electron chi connectivity index (χ3n) is 3.44. The first-order valence-corrected chi connectivity index (χ1v) is 5.75. The Hall–Kier alpha value is -1.35. The van der Waals surface area contributed by atoms with Crippen molar-refractivity contribution in [1.82, 2.24) is 5.32 Å². The minimum absolute atomic E-state index is 0.0256. The first-order chi connectivity index (χ1) is 7.70. The zero-order chi connectivity index (χ0) is 11.5. The maximum Gasteiger partial charge on any atom is 0.221 e. The van der Waals surface area contributed by atoms with Gasteiger partial charge in [0.15, 0.2) is 0 Å². The van der Waals surface area contributed by atoms with Crippen LogP contribution < -0.4 is 11.1 Å². The molecule has 3 nitrogen and oxygen atoms in total. The molecule has 1 aliphatic heterocycles. The van der Waals surface area contributed by atoms with Crippen molar-refractivity contribution >= 4 is 5.91 Å². The van der Waals surface area contributed by atoms with Gasteiger partial charge in [-0.1, -0.05) is 24.3 Å². The van der Waals surface area contributed by atoms with Crippen molar-refractivity contribution in [3.8, 4) is 0 Å². The van der Waals surface area contributed by atoms with Crippen LogP contribution in [0.5, 0.6) is 0 Å². The van der Waals surface area contributed by atoms with E-state index in [0.29, 0.717) is 0 Å². The highest BCUT2D eigenvalue weighted by Gasteiger charge is 2.30. The van der Waals surface area contributed by atoms with Gasteiger partial charge in [-0.05, 0) is 31.0 Å². The number of benzene rings is 1. The van der Waals surface area contributed by atoms with Gasteiger partial charge >= 0.3 is 0 Å². The summed E-state index contributed by atoms with van der Waals surface area (Å²) >= 11 is 0. The van der Waals surface area contributed by atoms with Gasteiger partial charge in [-0.15, -0.1) is 0 Å². The Labute approximate surface area is 96.0 Å². The number of rotatable bonds is 2. The van der Waals surface area contributed by atoms with Gasteiger partial charge < -0.3 is 11.1 Å². The predicted octanol–water partition coefficient (Wildman–Crippen LogP) is 1.17. The van der Waals surface area contributed by atoms with Gasteiger partial charge in [0.2, 0.25) is 5.91 Å². The van der Waals surface area contributed by atoms with Gasteiger partial charge in [0.1, 0.15) is 0 Å². The zero-order valence-corrected chi connectivity index (χ0v) is 9.57. The van der Waals surface area contributed by atoms with E-state index in [1.807, 2.05) is 12.1 Å². The van der Waals surface area contributed by atoms with Crippen LogP contribution in [0.4, 0.5) is 0 Å². The second-order valence-electron chi connectivity index (χ2n) is 4.46. The number of carbonyl (C=O) groups excluding carboxylic acids is 1. The van der Waals surface area contributed by atoms with Crippen LogP contribution in [-0.4, -0.2) is 19.0 Å². The molecule has 1 heterocycles. The van der Waals surface area contributed by atoms with Crippen molar-refractivity contribution in [3.63, 3.8) is 0 Å². The lowest BCUT2D eigenvalue weighted by Crippen LogP contribution is -2.41. The number of piperidine rings is 1. The standard InChI is InChI=1S/C13H18N2O/c1-9-4-2-3-5-10(9)12-8-15-7-6-11(12)13(14)16/h2-5,11-12,15H,6-8H2,1H3,(H2,14,16). The van der Waals surface area contributed by atoms with Crippen molar-refractivity contribution < 1.29 is 4.79 Å². The lowest BCUT2D eigenvalue weighted by Gasteiger charge is -2.31. The molecule has 2 rings (SSSR count). The van der Waals surface area contributed by atoms with E-state index in [-0.39, 0.29) is 17.7 Å².